The van der Waals surface area contributed by atoms with Gasteiger partial charge in [0.15, 0.2) is 0 Å². The Labute approximate surface area is 179 Å². The fourth-order valence-electron chi connectivity index (χ4n) is 3.45. The number of rotatable bonds is 10. The van der Waals surface area contributed by atoms with Crippen LogP contribution in [0.3, 0.4) is 0 Å². The van der Waals surface area contributed by atoms with Gasteiger partial charge in [0.1, 0.15) is 0 Å². The maximum Gasteiger partial charge on any atom is 0.303 e. The van der Waals surface area contributed by atoms with Gasteiger partial charge in [-0.15, -0.1) is 0 Å². The largest absolute Gasteiger partial charge is 0.481 e. The van der Waals surface area contributed by atoms with E-state index in [0.29, 0.717) is 18.7 Å². The zero-order valence-electron chi connectivity index (χ0n) is 18.0. The molecule has 0 aliphatic heterocycles. The lowest BCUT2D eigenvalue weighted by atomic mass is 9.97. The van der Waals surface area contributed by atoms with Crippen LogP contribution in [0.25, 0.3) is 0 Å². The van der Waals surface area contributed by atoms with Crippen molar-refractivity contribution in [2.75, 3.05) is 17.5 Å². The van der Waals surface area contributed by atoms with Crippen LogP contribution in [-0.4, -0.2) is 37.8 Å². The normalized spacial score (nSPS) is 12.7. The van der Waals surface area contributed by atoms with Gasteiger partial charge in [0.2, 0.25) is 0 Å². The van der Waals surface area contributed by atoms with Gasteiger partial charge in [-0.25, -0.2) is 8.42 Å². The van der Waals surface area contributed by atoms with E-state index in [1.807, 2.05) is 45.9 Å². The highest BCUT2D eigenvalue weighted by Crippen LogP contribution is 2.29. The van der Waals surface area contributed by atoms with E-state index in [9.17, 15) is 18.3 Å². The number of carboxylic acids is 1. The monoisotopic (exact) mass is 433 g/mol. The summed E-state index contributed by atoms with van der Waals surface area (Å²) in [5.41, 5.74) is 3.42. The molecule has 2 aromatic carbocycles. The second kappa shape index (κ2) is 10.1. The SMILES string of the molecule is Cc1ccc(N(CC(C)C)S(=O)(=O)c2ccc(C[C@@H](CO)CC(=O)O)cc2)c(C)c1. The highest BCUT2D eigenvalue weighted by Gasteiger charge is 2.27. The molecule has 0 heterocycles. The standard InChI is InChI=1S/C23H31NO5S/c1-16(2)14-24(22-10-5-17(3)11-18(22)4)30(28,29)21-8-6-19(7-9-21)12-20(15-25)13-23(26)27/h5-11,16,20,25H,12-15H2,1-4H3,(H,26,27)/t20-/m1/s1. The van der Waals surface area contributed by atoms with Crippen molar-refractivity contribution in [3.05, 3.63) is 59.2 Å². The van der Waals surface area contributed by atoms with E-state index in [2.05, 4.69) is 0 Å². The topological polar surface area (TPSA) is 94.9 Å². The number of nitrogens with zero attached hydrogens (tertiary/aromatic N) is 1. The lowest BCUT2D eigenvalue weighted by Gasteiger charge is -2.28. The Morgan fingerprint density at radius 1 is 1.07 bits per heavy atom. The molecule has 0 unspecified atom stereocenters. The van der Waals surface area contributed by atoms with Crippen molar-refractivity contribution < 1.29 is 23.4 Å². The van der Waals surface area contributed by atoms with E-state index in [0.717, 1.165) is 16.7 Å². The van der Waals surface area contributed by atoms with Crippen molar-refractivity contribution in [3.8, 4) is 0 Å². The Balaban J connectivity index is 2.35. The van der Waals surface area contributed by atoms with Crippen molar-refractivity contribution in [2.45, 2.75) is 45.4 Å². The molecule has 30 heavy (non-hydrogen) atoms. The van der Waals surface area contributed by atoms with Crippen molar-refractivity contribution in [1.82, 2.24) is 0 Å². The zero-order valence-corrected chi connectivity index (χ0v) is 18.8. The summed E-state index contributed by atoms with van der Waals surface area (Å²) < 4.78 is 28.4. The van der Waals surface area contributed by atoms with Crippen LogP contribution < -0.4 is 4.31 Å². The van der Waals surface area contributed by atoms with Gasteiger partial charge in [-0.05, 0) is 61.4 Å². The molecule has 0 amide bonds. The third kappa shape index (κ3) is 6.06. The Kier molecular flexibility index (Phi) is 8.03. The van der Waals surface area contributed by atoms with Crippen LogP contribution in [0.1, 0.15) is 37.0 Å². The minimum atomic E-state index is -3.76. The fourth-order valence-corrected chi connectivity index (χ4v) is 5.14. The lowest BCUT2D eigenvalue weighted by molar-refractivity contribution is -0.138. The number of aliphatic hydroxyl groups excluding tert-OH is 1. The molecule has 0 saturated heterocycles. The number of hydrogen-bond acceptors (Lipinski definition) is 4. The van der Waals surface area contributed by atoms with Gasteiger partial charge in [0.25, 0.3) is 10.0 Å². The average Bonchev–Trinajstić information content (AvgIpc) is 2.66. The number of sulfonamides is 1. The molecule has 2 rings (SSSR count). The van der Waals surface area contributed by atoms with E-state index in [1.165, 1.54) is 4.31 Å². The molecule has 7 heteroatoms. The maximum absolute atomic E-state index is 13.4. The van der Waals surface area contributed by atoms with Gasteiger partial charge in [-0.3, -0.25) is 9.10 Å². The summed E-state index contributed by atoms with van der Waals surface area (Å²) in [5, 5.41) is 18.3. The Hall–Kier alpha value is -2.38. The number of carboxylic acid groups (broad SMARTS) is 1. The Morgan fingerprint density at radius 2 is 1.70 bits per heavy atom. The number of aryl methyl sites for hydroxylation is 2. The molecule has 0 radical (unpaired) electrons. The first-order valence-electron chi connectivity index (χ1n) is 10.1. The highest BCUT2D eigenvalue weighted by molar-refractivity contribution is 7.92. The van der Waals surface area contributed by atoms with Crippen molar-refractivity contribution in [1.29, 1.82) is 0 Å². The molecule has 0 aliphatic carbocycles. The second-order valence-electron chi connectivity index (χ2n) is 8.21. The first kappa shape index (κ1) is 23.9. The van der Waals surface area contributed by atoms with Gasteiger partial charge in [-0.1, -0.05) is 43.7 Å². The molecule has 1 atom stereocenters. The first-order valence-corrected chi connectivity index (χ1v) is 11.5. The molecular weight excluding hydrogens is 402 g/mol. The van der Waals surface area contributed by atoms with Gasteiger partial charge in [0.05, 0.1) is 17.0 Å². The van der Waals surface area contributed by atoms with E-state index < -0.39 is 21.9 Å². The molecular formula is C23H31NO5S. The molecule has 0 bridgehead atoms. The number of anilines is 1. The van der Waals surface area contributed by atoms with Crippen molar-refractivity contribution in [3.63, 3.8) is 0 Å². The van der Waals surface area contributed by atoms with Gasteiger partial charge in [0, 0.05) is 13.2 Å². The molecule has 2 aromatic rings. The predicted octanol–water partition coefficient (Wildman–Crippen LogP) is 3.78. The quantitative estimate of drug-likeness (QED) is 0.595. The fraction of sp³-hybridized carbons (Fsp3) is 0.435. The lowest BCUT2D eigenvalue weighted by Crippen LogP contribution is -2.34. The van der Waals surface area contributed by atoms with E-state index in [1.54, 1.807) is 24.3 Å². The summed E-state index contributed by atoms with van der Waals surface area (Å²) >= 11 is 0. The summed E-state index contributed by atoms with van der Waals surface area (Å²) in [7, 11) is -3.76. The number of aliphatic carboxylic acids is 1. The van der Waals surface area contributed by atoms with E-state index >= 15 is 0 Å². The maximum atomic E-state index is 13.4. The Morgan fingerprint density at radius 3 is 2.20 bits per heavy atom. The first-order chi connectivity index (χ1) is 14.0. The summed E-state index contributed by atoms with van der Waals surface area (Å²) in [4.78, 5) is 11.1. The van der Waals surface area contributed by atoms with Crippen LogP contribution in [-0.2, 0) is 21.2 Å². The highest BCUT2D eigenvalue weighted by atomic mass is 32.2. The number of benzene rings is 2. The molecule has 0 saturated carbocycles. The number of aliphatic hydroxyl groups is 1. The molecule has 0 spiro atoms. The van der Waals surface area contributed by atoms with Crippen LogP contribution in [0.2, 0.25) is 0 Å². The van der Waals surface area contributed by atoms with Gasteiger partial charge in [-0.2, -0.15) is 0 Å². The van der Waals surface area contributed by atoms with E-state index in [4.69, 9.17) is 5.11 Å². The third-order valence-corrected chi connectivity index (χ3v) is 6.70. The van der Waals surface area contributed by atoms with Crippen LogP contribution in [0, 0.1) is 25.7 Å². The van der Waals surface area contributed by atoms with Gasteiger partial charge < -0.3 is 10.2 Å². The molecule has 0 aromatic heterocycles. The predicted molar refractivity (Wildman–Crippen MR) is 118 cm³/mol. The van der Waals surface area contributed by atoms with Crippen LogP contribution in [0.15, 0.2) is 47.4 Å². The average molecular weight is 434 g/mol. The third-order valence-electron chi connectivity index (χ3n) is 4.91. The van der Waals surface area contributed by atoms with Gasteiger partial charge >= 0.3 is 5.97 Å². The minimum absolute atomic E-state index is 0.134. The smallest absolute Gasteiger partial charge is 0.303 e. The molecule has 0 aliphatic rings. The molecule has 0 fully saturated rings. The van der Waals surface area contributed by atoms with Crippen LogP contribution >= 0.6 is 0 Å². The minimum Gasteiger partial charge on any atom is -0.481 e. The molecule has 6 nitrogen and oxygen atoms in total. The summed E-state index contributed by atoms with van der Waals surface area (Å²) in [6, 6.07) is 12.2. The van der Waals surface area contributed by atoms with Crippen LogP contribution in [0.4, 0.5) is 5.69 Å². The number of hydrogen-bond donors (Lipinski definition) is 2. The molecule has 2 N–H and O–H groups in total. The zero-order chi connectivity index (χ0) is 22.5. The summed E-state index contributed by atoms with van der Waals surface area (Å²) in [6.45, 7) is 7.96. The van der Waals surface area contributed by atoms with Crippen molar-refractivity contribution in [2.24, 2.45) is 11.8 Å². The van der Waals surface area contributed by atoms with Crippen LogP contribution in [0.5, 0.6) is 0 Å². The Bertz CT molecular complexity index is 968. The van der Waals surface area contributed by atoms with Crippen molar-refractivity contribution >= 4 is 21.7 Å². The summed E-state index contributed by atoms with van der Waals surface area (Å²) in [5.74, 6) is -1.23. The molecule has 164 valence electrons. The second-order valence-corrected chi connectivity index (χ2v) is 10.1. The number of carbonyl (C=O) groups is 1. The van der Waals surface area contributed by atoms with E-state index in [-0.39, 0.29) is 23.8 Å². The summed E-state index contributed by atoms with van der Waals surface area (Å²) in [6.07, 6.45) is 0.237.